The van der Waals surface area contributed by atoms with Gasteiger partial charge < -0.3 is 24.6 Å². The number of fused-ring (bicyclic) bond motifs is 2. The third-order valence-corrected chi connectivity index (χ3v) is 6.49. The number of hydrogen-bond donors (Lipinski definition) is 2. The predicted octanol–water partition coefficient (Wildman–Crippen LogP) is 2.37. The minimum absolute atomic E-state index is 0.0599. The fourth-order valence-electron chi connectivity index (χ4n) is 4.95. The van der Waals surface area contributed by atoms with Crippen LogP contribution in [-0.2, 0) is 0 Å². The standard InChI is InChI=1S/C21H24FN3O4/c1-29-20-17-13(19(26)14(21(27)28)9-25(17)12-4-5-12)7-15(22)18(20)24-8-11-3-2-6-23-16(11)10-24/h7,9,11-12,16,23H,2-6,8,10H2,1H3,(H,27,28)/t11?,16-/m0/s1. The fourth-order valence-corrected chi connectivity index (χ4v) is 4.95. The lowest BCUT2D eigenvalue weighted by Gasteiger charge is -2.25. The molecule has 1 aliphatic carbocycles. The molecule has 2 atom stereocenters. The smallest absolute Gasteiger partial charge is 0.341 e. The highest BCUT2D eigenvalue weighted by molar-refractivity contribution is 5.97. The summed E-state index contributed by atoms with van der Waals surface area (Å²) in [5.41, 5.74) is -0.155. The summed E-state index contributed by atoms with van der Waals surface area (Å²) in [7, 11) is 1.48. The number of rotatable bonds is 4. The van der Waals surface area contributed by atoms with Crippen molar-refractivity contribution in [3.8, 4) is 5.75 Å². The first-order valence-electron chi connectivity index (χ1n) is 10.2. The van der Waals surface area contributed by atoms with Crippen LogP contribution < -0.4 is 20.4 Å². The number of anilines is 1. The average Bonchev–Trinajstić information content (AvgIpc) is 3.45. The lowest BCUT2D eigenvalue weighted by atomic mass is 9.94. The topological polar surface area (TPSA) is 83.8 Å². The maximum Gasteiger partial charge on any atom is 0.341 e. The van der Waals surface area contributed by atoms with E-state index in [0.717, 1.165) is 38.8 Å². The van der Waals surface area contributed by atoms with Gasteiger partial charge >= 0.3 is 5.97 Å². The summed E-state index contributed by atoms with van der Waals surface area (Å²) in [6, 6.07) is 1.62. The van der Waals surface area contributed by atoms with E-state index in [1.54, 1.807) is 4.57 Å². The van der Waals surface area contributed by atoms with E-state index in [1.807, 2.05) is 4.90 Å². The summed E-state index contributed by atoms with van der Waals surface area (Å²) in [5, 5.41) is 13.0. The van der Waals surface area contributed by atoms with Crippen molar-refractivity contribution in [1.82, 2.24) is 9.88 Å². The van der Waals surface area contributed by atoms with E-state index in [4.69, 9.17) is 4.74 Å². The largest absolute Gasteiger partial charge is 0.492 e. The van der Waals surface area contributed by atoms with Crippen molar-refractivity contribution in [3.05, 3.63) is 33.9 Å². The van der Waals surface area contributed by atoms with Crippen LogP contribution in [0, 0.1) is 11.7 Å². The number of aromatic carboxylic acids is 1. The number of aromatic nitrogens is 1. The normalized spacial score (nSPS) is 24.0. The molecular formula is C21H24FN3O4. The summed E-state index contributed by atoms with van der Waals surface area (Å²) in [5.74, 6) is -1.07. The van der Waals surface area contributed by atoms with E-state index >= 15 is 4.39 Å². The van der Waals surface area contributed by atoms with Crippen molar-refractivity contribution in [2.45, 2.75) is 37.8 Å². The molecule has 3 fully saturated rings. The molecule has 1 unspecified atom stereocenters. The van der Waals surface area contributed by atoms with Crippen molar-refractivity contribution >= 4 is 22.6 Å². The number of nitrogens with one attached hydrogen (secondary N) is 1. The Morgan fingerprint density at radius 1 is 1.31 bits per heavy atom. The third-order valence-electron chi connectivity index (χ3n) is 6.49. The minimum atomic E-state index is -1.30. The van der Waals surface area contributed by atoms with Crippen molar-refractivity contribution < 1.29 is 19.0 Å². The lowest BCUT2D eigenvalue weighted by Crippen LogP contribution is -2.40. The van der Waals surface area contributed by atoms with Gasteiger partial charge in [0.15, 0.2) is 11.6 Å². The fraction of sp³-hybridized carbons (Fsp3) is 0.524. The van der Waals surface area contributed by atoms with Gasteiger partial charge in [0.2, 0.25) is 5.43 Å². The molecule has 8 heteroatoms. The zero-order valence-electron chi connectivity index (χ0n) is 16.3. The lowest BCUT2D eigenvalue weighted by molar-refractivity contribution is 0.0695. The molecule has 1 aromatic heterocycles. The number of carboxylic acids is 1. The van der Waals surface area contributed by atoms with Crippen molar-refractivity contribution in [2.24, 2.45) is 5.92 Å². The second-order valence-electron chi connectivity index (χ2n) is 8.32. The molecule has 0 radical (unpaired) electrons. The number of halogens is 1. The SMILES string of the molecule is COc1c(N2CC3CCCN[C@H]3C2)c(F)cc2c(=O)c(C(=O)O)cn(C3CC3)c12. The molecule has 2 aliphatic heterocycles. The van der Waals surface area contributed by atoms with Gasteiger partial charge in [-0.3, -0.25) is 4.79 Å². The molecule has 2 aromatic rings. The summed E-state index contributed by atoms with van der Waals surface area (Å²) < 4.78 is 22.8. The van der Waals surface area contributed by atoms with Crippen molar-refractivity contribution in [2.75, 3.05) is 31.6 Å². The maximum absolute atomic E-state index is 15.3. The van der Waals surface area contributed by atoms with Gasteiger partial charge in [0.05, 0.1) is 18.0 Å². The first-order chi connectivity index (χ1) is 14.0. The number of ether oxygens (including phenoxy) is 1. The maximum atomic E-state index is 15.3. The second-order valence-corrected chi connectivity index (χ2v) is 8.32. The van der Waals surface area contributed by atoms with Gasteiger partial charge in [0.25, 0.3) is 0 Å². The molecule has 2 saturated heterocycles. The molecule has 1 saturated carbocycles. The molecule has 2 N–H and O–H groups in total. The highest BCUT2D eigenvalue weighted by atomic mass is 19.1. The quantitative estimate of drug-likeness (QED) is 0.819. The molecule has 0 amide bonds. The molecule has 0 bridgehead atoms. The zero-order chi connectivity index (χ0) is 20.3. The summed E-state index contributed by atoms with van der Waals surface area (Å²) >= 11 is 0. The van der Waals surface area contributed by atoms with Crippen LogP contribution in [0.15, 0.2) is 17.1 Å². The molecular weight excluding hydrogens is 377 g/mol. The Hall–Kier alpha value is -2.61. The number of pyridine rings is 1. The third kappa shape index (κ3) is 2.88. The Morgan fingerprint density at radius 2 is 2.10 bits per heavy atom. The van der Waals surface area contributed by atoms with Gasteiger partial charge in [-0.2, -0.15) is 0 Å². The van der Waals surface area contributed by atoms with Crippen LogP contribution in [0.2, 0.25) is 0 Å². The highest BCUT2D eigenvalue weighted by Gasteiger charge is 2.38. The van der Waals surface area contributed by atoms with Crippen molar-refractivity contribution in [3.63, 3.8) is 0 Å². The number of methoxy groups -OCH3 is 1. The van der Waals surface area contributed by atoms with E-state index < -0.39 is 17.2 Å². The molecule has 0 spiro atoms. The van der Waals surface area contributed by atoms with Gasteiger partial charge in [-0.1, -0.05) is 0 Å². The van der Waals surface area contributed by atoms with E-state index in [1.165, 1.54) is 19.4 Å². The number of piperidine rings is 1. The average molecular weight is 401 g/mol. The monoisotopic (exact) mass is 401 g/mol. The van der Waals surface area contributed by atoms with Crippen LogP contribution >= 0.6 is 0 Å². The second kappa shape index (κ2) is 6.73. The van der Waals surface area contributed by atoms with Crippen LogP contribution in [-0.4, -0.2) is 48.4 Å². The van der Waals surface area contributed by atoms with Crippen LogP contribution in [0.1, 0.15) is 42.1 Å². The Labute approximate surface area is 167 Å². The van der Waals surface area contributed by atoms with E-state index in [2.05, 4.69) is 5.32 Å². The zero-order valence-corrected chi connectivity index (χ0v) is 16.3. The number of carboxylic acid groups (broad SMARTS) is 1. The molecule has 154 valence electrons. The van der Waals surface area contributed by atoms with Gasteiger partial charge in [0.1, 0.15) is 11.3 Å². The number of nitrogens with zero attached hydrogens (tertiary/aromatic N) is 2. The first kappa shape index (κ1) is 18.4. The summed E-state index contributed by atoms with van der Waals surface area (Å²) in [4.78, 5) is 26.4. The number of hydrogen-bond acceptors (Lipinski definition) is 5. The van der Waals surface area contributed by atoms with E-state index in [-0.39, 0.29) is 17.0 Å². The van der Waals surface area contributed by atoms with Crippen LogP contribution in [0.3, 0.4) is 0 Å². The molecule has 7 nitrogen and oxygen atoms in total. The Balaban J connectivity index is 1.73. The highest BCUT2D eigenvalue weighted by Crippen LogP contribution is 2.45. The van der Waals surface area contributed by atoms with Crippen LogP contribution in [0.4, 0.5) is 10.1 Å². The Kier molecular flexibility index (Phi) is 4.27. The summed E-state index contributed by atoms with van der Waals surface area (Å²) in [6.07, 6.45) is 5.40. The molecule has 5 rings (SSSR count). The van der Waals surface area contributed by atoms with Gasteiger partial charge in [-0.05, 0) is 44.2 Å². The van der Waals surface area contributed by atoms with Gasteiger partial charge in [-0.15, -0.1) is 0 Å². The van der Waals surface area contributed by atoms with E-state index in [9.17, 15) is 14.7 Å². The molecule has 3 heterocycles. The number of benzene rings is 1. The Bertz CT molecular complexity index is 1050. The van der Waals surface area contributed by atoms with Crippen LogP contribution in [0.5, 0.6) is 5.75 Å². The molecule has 29 heavy (non-hydrogen) atoms. The van der Waals surface area contributed by atoms with E-state index in [0.29, 0.717) is 35.5 Å². The summed E-state index contributed by atoms with van der Waals surface area (Å²) in [6.45, 7) is 2.40. The van der Waals surface area contributed by atoms with Gasteiger partial charge in [0, 0.05) is 31.4 Å². The van der Waals surface area contributed by atoms with Crippen LogP contribution in [0.25, 0.3) is 10.9 Å². The first-order valence-corrected chi connectivity index (χ1v) is 10.2. The van der Waals surface area contributed by atoms with Gasteiger partial charge in [-0.25, -0.2) is 9.18 Å². The predicted molar refractivity (Wildman–Crippen MR) is 107 cm³/mol. The van der Waals surface area contributed by atoms with Crippen molar-refractivity contribution in [1.29, 1.82) is 0 Å². The molecule has 1 aromatic carbocycles. The minimum Gasteiger partial charge on any atom is -0.492 e. The number of carbonyl (C=O) groups is 1. The molecule has 3 aliphatic rings. The Morgan fingerprint density at radius 3 is 2.76 bits per heavy atom.